The lowest BCUT2D eigenvalue weighted by molar-refractivity contribution is 0.162. The minimum absolute atomic E-state index is 0.0208. The van der Waals surface area contributed by atoms with Crippen LogP contribution in [0.25, 0.3) is 0 Å². The smallest absolute Gasteiger partial charge is 0.0695 e. The quantitative estimate of drug-likeness (QED) is 0.522. The molecule has 0 N–H and O–H groups in total. The molecule has 0 atom stereocenters. The molecule has 1 fully saturated rings. The first kappa shape index (κ1) is 8.59. The van der Waals surface area contributed by atoms with E-state index in [1.54, 1.807) is 0 Å². The van der Waals surface area contributed by atoms with Gasteiger partial charge in [0.2, 0.25) is 0 Å². The molecule has 0 aromatic rings. The minimum Gasteiger partial charge on any atom is -0.198 e. The molecule has 0 spiro atoms. The van der Waals surface area contributed by atoms with Gasteiger partial charge >= 0.3 is 0 Å². The van der Waals surface area contributed by atoms with Crippen LogP contribution in [0.5, 0.6) is 0 Å². The van der Waals surface area contributed by atoms with Crippen molar-refractivity contribution >= 4 is 0 Å². The van der Waals surface area contributed by atoms with Crippen LogP contribution in [-0.4, -0.2) is 0 Å². The van der Waals surface area contributed by atoms with Gasteiger partial charge in [0.25, 0.3) is 0 Å². The zero-order chi connectivity index (χ0) is 8.54. The molecule has 0 amide bonds. The van der Waals surface area contributed by atoms with Gasteiger partial charge in [-0.1, -0.05) is 33.6 Å². The molecule has 0 saturated heterocycles. The summed E-state index contributed by atoms with van der Waals surface area (Å²) >= 11 is 0. The van der Waals surface area contributed by atoms with Gasteiger partial charge in [-0.15, -0.1) is 0 Å². The Morgan fingerprint density at radius 2 is 1.64 bits per heavy atom. The van der Waals surface area contributed by atoms with Gasteiger partial charge in [-0.2, -0.15) is 5.26 Å². The standard InChI is InChI=1S/C10H17N/c1-9(2,3)10(8-11)6-4-5-7-10/h4-7H2,1-3H3. The van der Waals surface area contributed by atoms with E-state index < -0.39 is 0 Å². The molecule has 0 heterocycles. The van der Waals surface area contributed by atoms with E-state index in [1.807, 2.05) is 0 Å². The third-order valence-electron chi connectivity index (χ3n) is 3.11. The summed E-state index contributed by atoms with van der Waals surface area (Å²) in [6.07, 6.45) is 4.69. The van der Waals surface area contributed by atoms with Crippen LogP contribution in [0.15, 0.2) is 0 Å². The van der Waals surface area contributed by atoms with Gasteiger partial charge in [0.15, 0.2) is 0 Å². The molecule has 1 aliphatic carbocycles. The Bertz CT molecular complexity index is 174. The van der Waals surface area contributed by atoms with Gasteiger partial charge in [0, 0.05) is 0 Å². The van der Waals surface area contributed by atoms with E-state index in [0.717, 1.165) is 12.8 Å². The molecule has 1 heteroatoms. The third kappa shape index (κ3) is 1.27. The van der Waals surface area contributed by atoms with Crippen LogP contribution in [0, 0.1) is 22.2 Å². The first-order valence-corrected chi connectivity index (χ1v) is 4.43. The normalized spacial score (nSPS) is 23.1. The van der Waals surface area contributed by atoms with Crippen molar-refractivity contribution in [1.82, 2.24) is 0 Å². The maximum atomic E-state index is 9.10. The summed E-state index contributed by atoms with van der Waals surface area (Å²) in [5.41, 5.74) is 0.144. The van der Waals surface area contributed by atoms with Crippen molar-refractivity contribution in [3.63, 3.8) is 0 Å². The van der Waals surface area contributed by atoms with Crippen LogP contribution in [0.4, 0.5) is 0 Å². The van der Waals surface area contributed by atoms with E-state index in [-0.39, 0.29) is 10.8 Å². The lowest BCUT2D eigenvalue weighted by Gasteiger charge is -2.35. The van der Waals surface area contributed by atoms with Crippen molar-refractivity contribution in [2.45, 2.75) is 46.5 Å². The predicted molar refractivity (Wildman–Crippen MR) is 46.0 cm³/mol. The topological polar surface area (TPSA) is 23.8 Å². The monoisotopic (exact) mass is 151 g/mol. The van der Waals surface area contributed by atoms with Gasteiger partial charge in [0.05, 0.1) is 11.5 Å². The van der Waals surface area contributed by atoms with Crippen molar-refractivity contribution in [3.8, 4) is 6.07 Å². The van der Waals surface area contributed by atoms with E-state index in [0.29, 0.717) is 0 Å². The Morgan fingerprint density at radius 1 is 1.18 bits per heavy atom. The van der Waals surface area contributed by atoms with Crippen molar-refractivity contribution in [3.05, 3.63) is 0 Å². The second-order valence-electron chi connectivity index (χ2n) is 4.65. The number of rotatable bonds is 0. The number of hydrogen-bond donors (Lipinski definition) is 0. The Kier molecular flexibility index (Phi) is 1.96. The van der Waals surface area contributed by atoms with Gasteiger partial charge in [-0.3, -0.25) is 0 Å². The molecule has 1 nitrogen and oxygen atoms in total. The summed E-state index contributed by atoms with van der Waals surface area (Å²) in [5, 5.41) is 9.10. The second kappa shape index (κ2) is 2.52. The highest BCUT2D eigenvalue weighted by Gasteiger charge is 2.44. The van der Waals surface area contributed by atoms with Crippen molar-refractivity contribution in [1.29, 1.82) is 5.26 Å². The molecule has 11 heavy (non-hydrogen) atoms. The highest BCUT2D eigenvalue weighted by molar-refractivity contribution is 5.08. The number of nitriles is 1. The Balaban J connectivity index is 2.86. The summed E-state index contributed by atoms with van der Waals surface area (Å²) in [5.74, 6) is 0. The van der Waals surface area contributed by atoms with Gasteiger partial charge < -0.3 is 0 Å². The molecule has 0 aromatic heterocycles. The summed E-state index contributed by atoms with van der Waals surface area (Å²) in [6, 6.07) is 2.52. The Labute approximate surface area is 69.4 Å². The SMILES string of the molecule is CC(C)(C)C1(C#N)CCCC1. The van der Waals surface area contributed by atoms with E-state index in [9.17, 15) is 0 Å². The Morgan fingerprint density at radius 3 is 1.82 bits per heavy atom. The second-order valence-corrected chi connectivity index (χ2v) is 4.65. The molecule has 1 saturated carbocycles. The molecule has 62 valence electrons. The van der Waals surface area contributed by atoms with Crippen LogP contribution in [0.2, 0.25) is 0 Å². The summed E-state index contributed by atoms with van der Waals surface area (Å²) in [7, 11) is 0. The zero-order valence-corrected chi connectivity index (χ0v) is 7.78. The van der Waals surface area contributed by atoms with E-state index in [1.165, 1.54) is 12.8 Å². The molecular weight excluding hydrogens is 134 g/mol. The first-order valence-electron chi connectivity index (χ1n) is 4.43. The van der Waals surface area contributed by atoms with Crippen LogP contribution < -0.4 is 0 Å². The molecule has 1 aliphatic rings. The van der Waals surface area contributed by atoms with E-state index in [4.69, 9.17) is 5.26 Å². The summed E-state index contributed by atoms with van der Waals surface area (Å²) in [4.78, 5) is 0. The van der Waals surface area contributed by atoms with Crippen molar-refractivity contribution in [2.24, 2.45) is 10.8 Å². The zero-order valence-electron chi connectivity index (χ0n) is 7.78. The average Bonchev–Trinajstić information content (AvgIpc) is 2.33. The maximum absolute atomic E-state index is 9.10. The molecule has 0 bridgehead atoms. The largest absolute Gasteiger partial charge is 0.198 e. The van der Waals surface area contributed by atoms with Crippen molar-refractivity contribution in [2.75, 3.05) is 0 Å². The Hall–Kier alpha value is -0.510. The third-order valence-corrected chi connectivity index (χ3v) is 3.11. The van der Waals surface area contributed by atoms with Crippen LogP contribution in [-0.2, 0) is 0 Å². The maximum Gasteiger partial charge on any atom is 0.0695 e. The molecule has 0 unspecified atom stereocenters. The fourth-order valence-electron chi connectivity index (χ4n) is 2.01. The van der Waals surface area contributed by atoms with Gasteiger partial charge in [-0.25, -0.2) is 0 Å². The van der Waals surface area contributed by atoms with E-state index >= 15 is 0 Å². The number of nitrogens with zero attached hydrogens (tertiary/aromatic N) is 1. The van der Waals surface area contributed by atoms with E-state index in [2.05, 4.69) is 26.8 Å². The molecule has 0 radical (unpaired) electrons. The van der Waals surface area contributed by atoms with Gasteiger partial charge in [0.1, 0.15) is 0 Å². The van der Waals surface area contributed by atoms with Crippen LogP contribution in [0.3, 0.4) is 0 Å². The highest BCUT2D eigenvalue weighted by atomic mass is 14.5. The van der Waals surface area contributed by atoms with Gasteiger partial charge in [-0.05, 0) is 18.3 Å². The number of hydrogen-bond acceptors (Lipinski definition) is 1. The highest BCUT2D eigenvalue weighted by Crippen LogP contribution is 2.50. The summed E-state index contributed by atoms with van der Waals surface area (Å²) in [6.45, 7) is 6.55. The average molecular weight is 151 g/mol. The lowest BCUT2D eigenvalue weighted by atomic mass is 9.66. The van der Waals surface area contributed by atoms with Crippen LogP contribution >= 0.6 is 0 Å². The fourth-order valence-corrected chi connectivity index (χ4v) is 2.01. The molecular formula is C10H17N. The molecule has 0 aromatic carbocycles. The first-order chi connectivity index (χ1) is 5.02. The predicted octanol–water partition coefficient (Wildman–Crippen LogP) is 3.12. The molecule has 0 aliphatic heterocycles. The van der Waals surface area contributed by atoms with Crippen molar-refractivity contribution < 1.29 is 0 Å². The minimum atomic E-state index is -0.0208. The summed E-state index contributed by atoms with van der Waals surface area (Å²) < 4.78 is 0. The lowest BCUT2D eigenvalue weighted by Crippen LogP contribution is -2.31. The fraction of sp³-hybridized carbons (Fsp3) is 0.900. The van der Waals surface area contributed by atoms with Crippen LogP contribution in [0.1, 0.15) is 46.5 Å². The molecule has 1 rings (SSSR count).